The van der Waals surface area contributed by atoms with Crippen LogP contribution in [-0.2, 0) is 9.53 Å². The quantitative estimate of drug-likeness (QED) is 0.285. The van der Waals surface area contributed by atoms with Gasteiger partial charge in [-0.1, -0.05) is 13.3 Å². The standard InChI is InChI=1S/C9H15NO4/c1-3-5-6-8(10(12)13)7-9(11)14-4-2/h7H,3-6H2,1-2H3/b8-7+. The smallest absolute Gasteiger partial charge is 0.337 e. The Morgan fingerprint density at radius 2 is 2.14 bits per heavy atom. The van der Waals surface area contributed by atoms with Crippen molar-refractivity contribution in [3.8, 4) is 0 Å². The molecule has 0 atom stereocenters. The van der Waals surface area contributed by atoms with Gasteiger partial charge in [0.1, 0.15) is 0 Å². The van der Waals surface area contributed by atoms with E-state index in [0.717, 1.165) is 12.5 Å². The predicted octanol–water partition coefficient (Wildman–Crippen LogP) is 1.90. The molecule has 0 radical (unpaired) electrons. The number of rotatable bonds is 6. The number of hydrogen-bond donors (Lipinski definition) is 0. The molecule has 0 aliphatic heterocycles. The summed E-state index contributed by atoms with van der Waals surface area (Å²) in [6, 6.07) is 0. The van der Waals surface area contributed by atoms with Crippen molar-refractivity contribution in [2.75, 3.05) is 6.61 Å². The Morgan fingerprint density at radius 3 is 2.57 bits per heavy atom. The van der Waals surface area contributed by atoms with E-state index in [-0.39, 0.29) is 12.3 Å². The van der Waals surface area contributed by atoms with Gasteiger partial charge in [0.15, 0.2) is 0 Å². The van der Waals surface area contributed by atoms with Crippen LogP contribution in [0.5, 0.6) is 0 Å². The van der Waals surface area contributed by atoms with Crippen molar-refractivity contribution in [3.63, 3.8) is 0 Å². The fraction of sp³-hybridized carbons (Fsp3) is 0.667. The Kier molecular flexibility index (Phi) is 6.36. The van der Waals surface area contributed by atoms with Gasteiger partial charge in [-0.05, 0) is 13.3 Å². The lowest BCUT2D eigenvalue weighted by Crippen LogP contribution is -2.06. The molecule has 0 saturated carbocycles. The zero-order valence-electron chi connectivity index (χ0n) is 8.49. The van der Waals surface area contributed by atoms with Crippen LogP contribution in [0.15, 0.2) is 11.8 Å². The van der Waals surface area contributed by atoms with E-state index in [0.29, 0.717) is 12.8 Å². The van der Waals surface area contributed by atoms with E-state index >= 15 is 0 Å². The highest BCUT2D eigenvalue weighted by Crippen LogP contribution is 2.07. The Bertz CT molecular complexity index is 235. The molecule has 0 saturated heterocycles. The van der Waals surface area contributed by atoms with Crippen molar-refractivity contribution >= 4 is 5.97 Å². The summed E-state index contributed by atoms with van der Waals surface area (Å²) >= 11 is 0. The molecule has 0 N–H and O–H groups in total. The highest BCUT2D eigenvalue weighted by molar-refractivity contribution is 5.82. The third-order valence-corrected chi connectivity index (χ3v) is 1.59. The second-order valence-electron chi connectivity index (χ2n) is 2.75. The summed E-state index contributed by atoms with van der Waals surface area (Å²) in [5.74, 6) is -0.643. The molecular weight excluding hydrogens is 186 g/mol. The van der Waals surface area contributed by atoms with Crippen LogP contribution in [0.25, 0.3) is 0 Å². The maximum atomic E-state index is 10.9. The van der Waals surface area contributed by atoms with Gasteiger partial charge in [0, 0.05) is 6.42 Å². The molecule has 0 aliphatic rings. The van der Waals surface area contributed by atoms with Gasteiger partial charge in [-0.15, -0.1) is 0 Å². The molecule has 0 spiro atoms. The SMILES string of the molecule is CCCC/C(=C\C(=O)OCC)[N+](=O)[O-]. The third kappa shape index (κ3) is 5.29. The zero-order valence-corrected chi connectivity index (χ0v) is 8.49. The van der Waals surface area contributed by atoms with E-state index < -0.39 is 10.9 Å². The summed E-state index contributed by atoms with van der Waals surface area (Å²) in [4.78, 5) is 20.9. The van der Waals surface area contributed by atoms with E-state index in [4.69, 9.17) is 0 Å². The first kappa shape index (κ1) is 12.6. The van der Waals surface area contributed by atoms with Gasteiger partial charge in [0.05, 0.1) is 17.6 Å². The van der Waals surface area contributed by atoms with Crippen molar-refractivity contribution in [1.82, 2.24) is 0 Å². The monoisotopic (exact) mass is 201 g/mol. The van der Waals surface area contributed by atoms with Gasteiger partial charge in [-0.3, -0.25) is 10.1 Å². The topological polar surface area (TPSA) is 69.4 Å². The van der Waals surface area contributed by atoms with E-state index in [1.165, 1.54) is 0 Å². The summed E-state index contributed by atoms with van der Waals surface area (Å²) in [5, 5.41) is 10.5. The van der Waals surface area contributed by atoms with Crippen LogP contribution in [0.3, 0.4) is 0 Å². The molecule has 0 unspecified atom stereocenters. The Balaban J connectivity index is 4.31. The number of esters is 1. The van der Waals surface area contributed by atoms with Gasteiger partial charge in [0.25, 0.3) is 5.70 Å². The van der Waals surface area contributed by atoms with Crippen LogP contribution in [0, 0.1) is 10.1 Å². The van der Waals surface area contributed by atoms with Crippen molar-refractivity contribution in [1.29, 1.82) is 0 Å². The highest BCUT2D eigenvalue weighted by atomic mass is 16.6. The zero-order chi connectivity index (χ0) is 11.0. The third-order valence-electron chi connectivity index (χ3n) is 1.59. The molecule has 0 fully saturated rings. The van der Waals surface area contributed by atoms with Crippen LogP contribution in [0.1, 0.15) is 33.1 Å². The molecule has 0 bridgehead atoms. The first-order valence-electron chi connectivity index (χ1n) is 4.63. The number of ether oxygens (including phenoxy) is 1. The van der Waals surface area contributed by atoms with Gasteiger partial charge in [-0.25, -0.2) is 4.79 Å². The van der Waals surface area contributed by atoms with Gasteiger partial charge < -0.3 is 4.74 Å². The maximum Gasteiger partial charge on any atom is 0.337 e. The molecule has 0 aromatic rings. The molecule has 0 aliphatic carbocycles. The van der Waals surface area contributed by atoms with E-state index in [2.05, 4.69) is 4.74 Å². The molecule has 0 aromatic carbocycles. The molecule has 14 heavy (non-hydrogen) atoms. The van der Waals surface area contributed by atoms with E-state index in [9.17, 15) is 14.9 Å². The minimum atomic E-state index is -0.643. The van der Waals surface area contributed by atoms with Crippen molar-refractivity contribution in [3.05, 3.63) is 21.9 Å². The molecule has 0 rings (SSSR count). The van der Waals surface area contributed by atoms with Crippen LogP contribution in [0.2, 0.25) is 0 Å². The van der Waals surface area contributed by atoms with Crippen LogP contribution in [-0.4, -0.2) is 17.5 Å². The van der Waals surface area contributed by atoms with Crippen molar-refractivity contribution in [2.24, 2.45) is 0 Å². The molecule has 0 heterocycles. The molecule has 5 nitrogen and oxygen atoms in total. The highest BCUT2D eigenvalue weighted by Gasteiger charge is 2.12. The average molecular weight is 201 g/mol. The van der Waals surface area contributed by atoms with Crippen LogP contribution in [0.4, 0.5) is 0 Å². The minimum Gasteiger partial charge on any atom is -0.463 e. The maximum absolute atomic E-state index is 10.9. The number of hydrogen-bond acceptors (Lipinski definition) is 4. The molecule has 0 aromatic heterocycles. The Hall–Kier alpha value is -1.39. The number of allylic oxidation sites excluding steroid dienone is 1. The number of unbranched alkanes of at least 4 members (excludes halogenated alkanes) is 1. The summed E-state index contributed by atoms with van der Waals surface area (Å²) < 4.78 is 4.58. The fourth-order valence-electron chi connectivity index (χ4n) is 0.894. The van der Waals surface area contributed by atoms with Gasteiger partial charge in [-0.2, -0.15) is 0 Å². The summed E-state index contributed by atoms with van der Waals surface area (Å²) in [7, 11) is 0. The second kappa shape index (κ2) is 7.06. The van der Waals surface area contributed by atoms with Crippen molar-refractivity contribution < 1.29 is 14.5 Å². The number of nitro groups is 1. The largest absolute Gasteiger partial charge is 0.463 e. The van der Waals surface area contributed by atoms with Crippen molar-refractivity contribution in [2.45, 2.75) is 33.1 Å². The fourth-order valence-corrected chi connectivity index (χ4v) is 0.894. The van der Waals surface area contributed by atoms with Gasteiger partial charge in [0.2, 0.25) is 0 Å². The van der Waals surface area contributed by atoms with Crippen LogP contribution < -0.4 is 0 Å². The molecule has 0 amide bonds. The molecule has 5 heteroatoms. The summed E-state index contributed by atoms with van der Waals surface area (Å²) in [5.41, 5.74) is -0.0784. The normalized spacial score (nSPS) is 11.1. The summed E-state index contributed by atoms with van der Waals surface area (Å²) in [6.45, 7) is 3.82. The molecule has 80 valence electrons. The summed E-state index contributed by atoms with van der Waals surface area (Å²) in [6.07, 6.45) is 2.82. The number of carbonyl (C=O) groups excluding carboxylic acids is 1. The lowest BCUT2D eigenvalue weighted by atomic mass is 10.2. The van der Waals surface area contributed by atoms with E-state index in [1.54, 1.807) is 6.92 Å². The average Bonchev–Trinajstić information content (AvgIpc) is 2.12. The minimum absolute atomic E-state index is 0.0784. The Morgan fingerprint density at radius 1 is 1.50 bits per heavy atom. The van der Waals surface area contributed by atoms with E-state index in [1.807, 2.05) is 6.92 Å². The lowest BCUT2D eigenvalue weighted by Gasteiger charge is -1.98. The van der Waals surface area contributed by atoms with Crippen LogP contribution >= 0.6 is 0 Å². The second-order valence-corrected chi connectivity index (χ2v) is 2.75. The van der Waals surface area contributed by atoms with Gasteiger partial charge >= 0.3 is 5.97 Å². The number of nitrogens with zero attached hydrogens (tertiary/aromatic N) is 1. The predicted molar refractivity (Wildman–Crippen MR) is 51.2 cm³/mol. The number of carbonyl (C=O) groups is 1. The lowest BCUT2D eigenvalue weighted by molar-refractivity contribution is -0.428. The Labute approximate surface area is 82.9 Å². The first-order valence-corrected chi connectivity index (χ1v) is 4.63. The first-order chi connectivity index (χ1) is 6.61. The molecular formula is C9H15NO4.